The van der Waals surface area contributed by atoms with Crippen LogP contribution in [0.15, 0.2) is 11.6 Å². The zero-order valence-corrected chi connectivity index (χ0v) is 10.9. The summed E-state index contributed by atoms with van der Waals surface area (Å²) in [5.41, 5.74) is 2.01. The number of nitrogens with zero attached hydrogens (tertiary/aromatic N) is 1. The van der Waals surface area contributed by atoms with Crippen LogP contribution in [-0.2, 0) is 0 Å². The van der Waals surface area contributed by atoms with E-state index in [9.17, 15) is 0 Å². The van der Waals surface area contributed by atoms with E-state index in [2.05, 4.69) is 30.1 Å². The molecule has 0 aliphatic carbocycles. The van der Waals surface area contributed by atoms with Gasteiger partial charge in [-0.15, -0.1) is 0 Å². The summed E-state index contributed by atoms with van der Waals surface area (Å²) in [4.78, 5) is 2.63. The van der Waals surface area contributed by atoms with Crippen molar-refractivity contribution in [2.45, 2.75) is 51.5 Å². The molecule has 0 bridgehead atoms. The molecule has 0 aromatic heterocycles. The molecule has 16 heavy (non-hydrogen) atoms. The second kappa shape index (κ2) is 5.33. The Morgan fingerprint density at radius 2 is 2.38 bits per heavy atom. The van der Waals surface area contributed by atoms with Crippen molar-refractivity contribution in [2.24, 2.45) is 0 Å². The normalized spacial score (nSPS) is 31.8. The lowest BCUT2D eigenvalue weighted by atomic mass is 9.90. The fourth-order valence-corrected chi connectivity index (χ4v) is 3.16. The van der Waals surface area contributed by atoms with Gasteiger partial charge in [0.05, 0.1) is 0 Å². The van der Waals surface area contributed by atoms with Crippen molar-refractivity contribution in [3.63, 3.8) is 0 Å². The van der Waals surface area contributed by atoms with Gasteiger partial charge in [0.25, 0.3) is 0 Å². The minimum atomic E-state index is 0.438. The van der Waals surface area contributed by atoms with E-state index in [1.54, 1.807) is 5.57 Å². The molecule has 0 spiro atoms. The van der Waals surface area contributed by atoms with Gasteiger partial charge in [0.2, 0.25) is 0 Å². The lowest BCUT2D eigenvalue weighted by molar-refractivity contribution is 0.193. The minimum absolute atomic E-state index is 0.438. The van der Waals surface area contributed by atoms with Gasteiger partial charge in [0.1, 0.15) is 0 Å². The Bertz CT molecular complexity index is 251. The molecular formula is C14H26N2. The first-order chi connectivity index (χ1) is 7.74. The third-order valence-electron chi connectivity index (χ3n) is 4.11. The molecule has 2 aliphatic rings. The first-order valence-electron chi connectivity index (χ1n) is 6.87. The van der Waals surface area contributed by atoms with E-state index in [0.29, 0.717) is 5.54 Å². The highest BCUT2D eigenvalue weighted by atomic mass is 15.2. The van der Waals surface area contributed by atoms with Crippen LogP contribution in [-0.4, -0.2) is 36.6 Å². The van der Waals surface area contributed by atoms with Gasteiger partial charge in [0, 0.05) is 25.2 Å². The molecule has 2 heterocycles. The summed E-state index contributed by atoms with van der Waals surface area (Å²) >= 11 is 0. The van der Waals surface area contributed by atoms with Crippen LogP contribution >= 0.6 is 0 Å². The van der Waals surface area contributed by atoms with E-state index in [1.807, 2.05) is 0 Å². The fourth-order valence-electron chi connectivity index (χ4n) is 3.16. The fraction of sp³-hybridized carbons (Fsp3) is 0.857. The Balaban J connectivity index is 1.91. The number of rotatable bonds is 4. The van der Waals surface area contributed by atoms with Crippen LogP contribution in [0.25, 0.3) is 0 Å². The second-order valence-electron chi connectivity index (χ2n) is 5.60. The van der Waals surface area contributed by atoms with Crippen molar-refractivity contribution in [3.05, 3.63) is 11.6 Å². The van der Waals surface area contributed by atoms with Crippen LogP contribution in [0, 0.1) is 0 Å². The summed E-state index contributed by atoms with van der Waals surface area (Å²) in [6, 6.07) is 0. The Morgan fingerprint density at radius 3 is 2.94 bits per heavy atom. The third kappa shape index (κ3) is 2.86. The summed E-state index contributed by atoms with van der Waals surface area (Å²) in [5.74, 6) is 0. The van der Waals surface area contributed by atoms with Crippen molar-refractivity contribution >= 4 is 0 Å². The number of hydrogen-bond acceptors (Lipinski definition) is 2. The largest absolute Gasteiger partial charge is 0.310 e. The molecule has 1 atom stereocenters. The minimum Gasteiger partial charge on any atom is -0.310 e. The van der Waals surface area contributed by atoms with Gasteiger partial charge in [-0.1, -0.05) is 25.0 Å². The number of hydrogen-bond donors (Lipinski definition) is 1. The molecule has 1 fully saturated rings. The van der Waals surface area contributed by atoms with E-state index in [1.165, 1.54) is 58.3 Å². The molecular weight excluding hydrogens is 196 g/mol. The van der Waals surface area contributed by atoms with E-state index in [-0.39, 0.29) is 0 Å². The first-order valence-corrected chi connectivity index (χ1v) is 6.87. The molecule has 0 amide bonds. The van der Waals surface area contributed by atoms with Crippen LogP contribution in [0.3, 0.4) is 0 Å². The maximum Gasteiger partial charge on any atom is 0.0309 e. The quantitative estimate of drug-likeness (QED) is 0.735. The maximum absolute atomic E-state index is 3.77. The van der Waals surface area contributed by atoms with Gasteiger partial charge >= 0.3 is 0 Å². The zero-order chi connectivity index (χ0) is 11.4. The highest BCUT2D eigenvalue weighted by Gasteiger charge is 2.34. The molecule has 0 radical (unpaired) electrons. The molecule has 2 nitrogen and oxygen atoms in total. The lowest BCUT2D eigenvalue weighted by Gasteiger charge is -2.37. The second-order valence-corrected chi connectivity index (χ2v) is 5.60. The predicted octanol–water partition coefficient (Wildman–Crippen LogP) is 2.56. The molecule has 2 heteroatoms. The van der Waals surface area contributed by atoms with E-state index >= 15 is 0 Å². The van der Waals surface area contributed by atoms with Gasteiger partial charge in [-0.05, 0) is 39.2 Å². The summed E-state index contributed by atoms with van der Waals surface area (Å²) in [5, 5.41) is 3.77. The Labute approximate surface area is 100 Å². The van der Waals surface area contributed by atoms with Crippen LogP contribution in [0.1, 0.15) is 46.0 Å². The first kappa shape index (κ1) is 12.1. The lowest BCUT2D eigenvalue weighted by Crippen LogP contribution is -2.50. The topological polar surface area (TPSA) is 15.3 Å². The highest BCUT2D eigenvalue weighted by Crippen LogP contribution is 2.26. The summed E-state index contributed by atoms with van der Waals surface area (Å²) in [6.07, 6.45) is 9.05. The average Bonchev–Trinajstić information content (AvgIpc) is 2.71. The van der Waals surface area contributed by atoms with Crippen molar-refractivity contribution in [2.75, 3.05) is 26.2 Å². The summed E-state index contributed by atoms with van der Waals surface area (Å²) in [7, 11) is 0. The van der Waals surface area contributed by atoms with Gasteiger partial charge in [-0.3, -0.25) is 4.90 Å². The van der Waals surface area contributed by atoms with Crippen LogP contribution < -0.4 is 5.32 Å². The molecule has 0 aromatic carbocycles. The third-order valence-corrected chi connectivity index (χ3v) is 4.11. The number of nitrogens with one attached hydrogen (secondary N) is 1. The zero-order valence-electron chi connectivity index (χ0n) is 10.9. The van der Waals surface area contributed by atoms with Crippen molar-refractivity contribution < 1.29 is 0 Å². The maximum atomic E-state index is 3.77. The van der Waals surface area contributed by atoms with E-state index in [0.717, 1.165) is 0 Å². The van der Waals surface area contributed by atoms with E-state index < -0.39 is 0 Å². The molecule has 2 rings (SSSR count). The molecule has 2 aliphatic heterocycles. The molecule has 1 unspecified atom stereocenters. The van der Waals surface area contributed by atoms with Crippen molar-refractivity contribution in [3.8, 4) is 0 Å². The molecule has 92 valence electrons. The van der Waals surface area contributed by atoms with Crippen LogP contribution in [0.4, 0.5) is 0 Å². The SMILES string of the molecule is CCCC1(CN2CC=C(C)CC2)CCCN1. The molecule has 0 saturated carbocycles. The molecule has 1 N–H and O–H groups in total. The van der Waals surface area contributed by atoms with Crippen LogP contribution in [0.2, 0.25) is 0 Å². The van der Waals surface area contributed by atoms with Crippen LogP contribution in [0.5, 0.6) is 0 Å². The van der Waals surface area contributed by atoms with E-state index in [4.69, 9.17) is 0 Å². The Hall–Kier alpha value is -0.340. The van der Waals surface area contributed by atoms with Gasteiger partial charge in [0.15, 0.2) is 0 Å². The molecule has 0 aromatic rings. The molecule has 1 saturated heterocycles. The Morgan fingerprint density at radius 1 is 1.50 bits per heavy atom. The van der Waals surface area contributed by atoms with Gasteiger partial charge < -0.3 is 5.32 Å². The Kier molecular flexibility index (Phi) is 4.04. The summed E-state index contributed by atoms with van der Waals surface area (Å²) < 4.78 is 0. The highest BCUT2D eigenvalue weighted by molar-refractivity contribution is 5.05. The monoisotopic (exact) mass is 222 g/mol. The smallest absolute Gasteiger partial charge is 0.0309 e. The van der Waals surface area contributed by atoms with Gasteiger partial charge in [-0.25, -0.2) is 0 Å². The van der Waals surface area contributed by atoms with Gasteiger partial charge in [-0.2, -0.15) is 0 Å². The predicted molar refractivity (Wildman–Crippen MR) is 69.7 cm³/mol. The average molecular weight is 222 g/mol. The van der Waals surface area contributed by atoms with Crippen molar-refractivity contribution in [1.82, 2.24) is 10.2 Å². The standard InChI is InChI=1S/C14H26N2/c1-3-7-14(8-4-9-15-14)12-16-10-5-13(2)6-11-16/h5,15H,3-4,6-12H2,1-2H3. The van der Waals surface area contributed by atoms with Crippen molar-refractivity contribution in [1.29, 1.82) is 0 Å². The summed E-state index contributed by atoms with van der Waals surface area (Å²) in [6.45, 7) is 9.47.